The van der Waals surface area contributed by atoms with Crippen LogP contribution in [0.4, 0.5) is 0 Å². The molecule has 11 aromatic rings. The van der Waals surface area contributed by atoms with E-state index >= 15 is 0 Å². The van der Waals surface area contributed by atoms with Gasteiger partial charge in [-0.25, -0.2) is 0 Å². The van der Waals surface area contributed by atoms with Crippen LogP contribution in [0, 0.1) is 11.8 Å². The molecule has 3 heteroatoms. The van der Waals surface area contributed by atoms with Gasteiger partial charge in [0.2, 0.25) is 0 Å². The van der Waals surface area contributed by atoms with Crippen LogP contribution < -0.4 is 0 Å². The molecule has 9 aromatic carbocycles. The molecule has 0 amide bonds. The normalized spacial score (nSPS) is 18.1. The molecule has 2 nitrogen and oxygen atoms in total. The van der Waals surface area contributed by atoms with E-state index < -0.39 is 0 Å². The summed E-state index contributed by atoms with van der Waals surface area (Å²) in [5.41, 5.74) is 12.5. The molecule has 0 spiro atoms. The third-order valence-corrected chi connectivity index (χ3v) is 14.7. The van der Waals surface area contributed by atoms with Crippen molar-refractivity contribution in [3.8, 4) is 16.8 Å². The molecule has 0 bridgehead atoms. The topological polar surface area (TPSA) is 17.3 Å². The van der Waals surface area contributed by atoms with E-state index in [2.05, 4.69) is 219 Å². The Bertz CT molecular complexity index is 3600. The second-order valence-electron chi connectivity index (χ2n) is 17.6. The largest absolute Gasteiger partial charge is 0.309 e. The minimum Gasteiger partial charge on any atom is -0.309 e. The Morgan fingerprint density at radius 1 is 0.508 bits per heavy atom. The van der Waals surface area contributed by atoms with Crippen molar-refractivity contribution in [2.45, 2.75) is 32.7 Å². The van der Waals surface area contributed by atoms with Crippen LogP contribution >= 0.6 is 11.3 Å². The van der Waals surface area contributed by atoms with Crippen LogP contribution in [-0.4, -0.2) is 10.3 Å². The van der Waals surface area contributed by atoms with E-state index in [9.17, 15) is 0 Å². The summed E-state index contributed by atoms with van der Waals surface area (Å²) >= 11 is 1.90. The van der Waals surface area contributed by atoms with Gasteiger partial charge in [-0.05, 0) is 111 Å². The van der Waals surface area contributed by atoms with E-state index in [0.29, 0.717) is 0 Å². The third-order valence-electron chi connectivity index (χ3n) is 13.6. The maximum Gasteiger partial charge on any atom is 0.0781 e. The first-order chi connectivity index (χ1) is 31.0. The number of hydrogen-bond donors (Lipinski definition) is 0. The van der Waals surface area contributed by atoms with Gasteiger partial charge in [0.05, 0.1) is 17.1 Å². The van der Waals surface area contributed by atoms with E-state index in [0.717, 1.165) is 12.8 Å². The van der Waals surface area contributed by atoms with Crippen LogP contribution in [-0.2, 0) is 0 Å². The molecule has 3 atom stereocenters. The fraction of sp³-hybridized carbons (Fsp3) is 0.117. The van der Waals surface area contributed by atoms with Crippen molar-refractivity contribution in [3.63, 3.8) is 0 Å². The lowest BCUT2D eigenvalue weighted by Crippen LogP contribution is -2.17. The second-order valence-corrected chi connectivity index (χ2v) is 18.7. The first kappa shape index (κ1) is 37.7. The molecule has 0 saturated heterocycles. The summed E-state index contributed by atoms with van der Waals surface area (Å²) in [6.45, 7) is 4.82. The average Bonchev–Trinajstić information content (AvgIpc) is 3.88. The number of benzene rings is 9. The van der Waals surface area contributed by atoms with Gasteiger partial charge in [0.25, 0.3) is 0 Å². The van der Waals surface area contributed by atoms with Crippen LogP contribution in [0.5, 0.6) is 0 Å². The molecule has 302 valence electrons. The molecule has 1 aliphatic rings. The summed E-state index contributed by atoms with van der Waals surface area (Å²) in [5.74, 6) is 0.381. The molecule has 0 aliphatic carbocycles. The van der Waals surface area contributed by atoms with Crippen LogP contribution in [0.2, 0.25) is 0 Å². The van der Waals surface area contributed by atoms with Gasteiger partial charge in [-0.15, -0.1) is 11.3 Å². The Balaban J connectivity index is 1.09. The Labute approximate surface area is 372 Å². The maximum atomic E-state index is 6.09. The minimum absolute atomic E-state index is 0.0552. The lowest BCUT2D eigenvalue weighted by Gasteiger charge is -2.25. The molecule has 63 heavy (non-hydrogen) atoms. The molecule has 3 heterocycles. The van der Waals surface area contributed by atoms with E-state index in [4.69, 9.17) is 4.99 Å². The van der Waals surface area contributed by atoms with Gasteiger partial charge in [-0.1, -0.05) is 172 Å². The first-order valence-electron chi connectivity index (χ1n) is 22.3. The number of aliphatic imine (C=N–C) groups is 1. The molecule has 12 rings (SSSR count). The average molecular weight is 827 g/mol. The Morgan fingerprint density at radius 2 is 1.16 bits per heavy atom. The summed E-state index contributed by atoms with van der Waals surface area (Å²) in [6.07, 6.45) is 4.35. The monoisotopic (exact) mass is 826 g/mol. The van der Waals surface area contributed by atoms with Crippen molar-refractivity contribution in [1.82, 2.24) is 4.57 Å². The number of rotatable bonds is 5. The van der Waals surface area contributed by atoms with E-state index in [-0.39, 0.29) is 17.9 Å². The van der Waals surface area contributed by atoms with Gasteiger partial charge in [0.15, 0.2) is 0 Å². The highest BCUT2D eigenvalue weighted by Crippen LogP contribution is 2.44. The highest BCUT2D eigenvalue weighted by molar-refractivity contribution is 7.25. The Hall–Kier alpha value is -7.07. The summed E-state index contributed by atoms with van der Waals surface area (Å²) in [5, 5.41) is 10.2. The van der Waals surface area contributed by atoms with Gasteiger partial charge in [0.1, 0.15) is 0 Å². The molecule has 0 radical (unpaired) electrons. The lowest BCUT2D eigenvalue weighted by molar-refractivity contribution is 0.483. The quantitative estimate of drug-likeness (QED) is 0.164. The number of allylic oxidation sites excluding steroid dienone is 2. The van der Waals surface area contributed by atoms with Crippen LogP contribution in [0.1, 0.15) is 49.4 Å². The minimum atomic E-state index is -0.0552. The van der Waals surface area contributed by atoms with Crippen LogP contribution in [0.25, 0.3) is 85.9 Å². The van der Waals surface area contributed by atoms with Gasteiger partial charge in [0, 0.05) is 53.8 Å². The molecule has 0 N–H and O–H groups in total. The van der Waals surface area contributed by atoms with Gasteiger partial charge in [-0.2, -0.15) is 0 Å². The van der Waals surface area contributed by atoms with Gasteiger partial charge < -0.3 is 4.57 Å². The van der Waals surface area contributed by atoms with E-state index in [1.165, 1.54) is 108 Å². The summed E-state index contributed by atoms with van der Waals surface area (Å²) in [7, 11) is 0. The lowest BCUT2D eigenvalue weighted by atomic mass is 9.86. The number of fused-ring (bicyclic) bond motifs is 8. The highest BCUT2D eigenvalue weighted by atomic mass is 32.1. The van der Waals surface area contributed by atoms with Crippen molar-refractivity contribution in [1.29, 1.82) is 0 Å². The molecular formula is C60H46N2S. The predicted octanol–water partition coefficient (Wildman–Crippen LogP) is 16.8. The van der Waals surface area contributed by atoms with Crippen molar-refractivity contribution in [3.05, 3.63) is 217 Å². The number of nitrogens with zero attached hydrogens (tertiary/aromatic N) is 2. The maximum absolute atomic E-state index is 6.09. The number of hydrogen-bond acceptors (Lipinski definition) is 2. The fourth-order valence-corrected chi connectivity index (χ4v) is 11.5. The van der Waals surface area contributed by atoms with Crippen LogP contribution in [0.3, 0.4) is 0 Å². The van der Waals surface area contributed by atoms with Gasteiger partial charge >= 0.3 is 0 Å². The molecule has 0 saturated carbocycles. The Morgan fingerprint density at radius 3 is 1.97 bits per heavy atom. The second kappa shape index (κ2) is 15.4. The third kappa shape index (κ3) is 6.58. The SMILES string of the molecule is CC1C/C=C(\c2ccc(-c3ccccc3)cc2)CC(C)[C@H](c2ccc3ccccc3c2)N=C1c1cc(-n2c3ccccc3c3cc4ccccc4cc32)cc2sc3ccccc3c12. The molecule has 1 aliphatic heterocycles. The zero-order valence-electron chi connectivity index (χ0n) is 35.5. The van der Waals surface area contributed by atoms with Crippen molar-refractivity contribution >= 4 is 86.1 Å². The smallest absolute Gasteiger partial charge is 0.0781 e. The van der Waals surface area contributed by atoms with E-state index in [1.807, 2.05) is 11.3 Å². The van der Waals surface area contributed by atoms with E-state index in [1.54, 1.807) is 0 Å². The molecule has 0 fully saturated rings. The Kier molecular flexibility index (Phi) is 9.19. The predicted molar refractivity (Wildman–Crippen MR) is 272 cm³/mol. The van der Waals surface area contributed by atoms with Crippen molar-refractivity contribution in [2.24, 2.45) is 16.8 Å². The standard InChI is InChI=1S/C60H46N2S/c1-38-24-25-47(43-28-26-42(27-29-43)40-14-4-3-5-15-40)32-39(2)59(48-31-30-41-16-6-7-17-44(41)33-48)61-60(38)53-36-49(37-57-58(53)51-21-11-13-23-56(51)63-57)62-54-22-12-10-20-50(54)52-34-45-18-8-9-19-46(45)35-55(52)62/h3-23,25-31,33-39,59H,24,32H2,1-2H3/b47-25-,61-60?/t38?,39?,59-/m1/s1. The number of thiophene rings is 1. The zero-order chi connectivity index (χ0) is 42.0. The van der Waals surface area contributed by atoms with Gasteiger partial charge in [-0.3, -0.25) is 4.99 Å². The molecular weight excluding hydrogens is 781 g/mol. The first-order valence-corrected chi connectivity index (χ1v) is 23.1. The summed E-state index contributed by atoms with van der Waals surface area (Å²) in [4.78, 5) is 6.09. The van der Waals surface area contributed by atoms with Crippen LogP contribution in [0.15, 0.2) is 205 Å². The fourth-order valence-electron chi connectivity index (χ4n) is 10.4. The summed E-state index contributed by atoms with van der Waals surface area (Å²) < 4.78 is 5.09. The molecule has 2 aromatic heterocycles. The van der Waals surface area contributed by atoms with Crippen molar-refractivity contribution < 1.29 is 0 Å². The summed E-state index contributed by atoms with van der Waals surface area (Å²) in [6, 6.07) is 71.9. The molecule has 2 unspecified atom stereocenters. The number of aromatic nitrogens is 1. The number of para-hydroxylation sites is 1. The zero-order valence-corrected chi connectivity index (χ0v) is 36.3. The van der Waals surface area contributed by atoms with Crippen molar-refractivity contribution in [2.75, 3.05) is 0 Å². The highest BCUT2D eigenvalue weighted by Gasteiger charge is 2.28.